The largest absolute Gasteiger partial charge is 0.491 e. The topological polar surface area (TPSA) is 35.5 Å². The second-order valence-electron chi connectivity index (χ2n) is 7.04. The molecule has 1 aromatic rings. The van der Waals surface area contributed by atoms with Crippen molar-refractivity contribution in [3.63, 3.8) is 0 Å². The number of esters is 1. The second kappa shape index (κ2) is 9.16. The molecular formula is C20H28F2O3. The van der Waals surface area contributed by atoms with Crippen molar-refractivity contribution >= 4 is 5.97 Å². The van der Waals surface area contributed by atoms with E-state index in [4.69, 9.17) is 9.47 Å². The third-order valence-electron chi connectivity index (χ3n) is 4.93. The van der Waals surface area contributed by atoms with Crippen molar-refractivity contribution in [2.75, 3.05) is 7.11 Å². The van der Waals surface area contributed by atoms with Crippen LogP contribution < -0.4 is 4.74 Å². The van der Waals surface area contributed by atoms with Gasteiger partial charge in [0.2, 0.25) is 0 Å². The van der Waals surface area contributed by atoms with Crippen molar-refractivity contribution in [2.45, 2.75) is 64.4 Å². The summed E-state index contributed by atoms with van der Waals surface area (Å²) in [6.07, 6.45) is 2.21. The molecule has 1 fully saturated rings. The molecule has 0 aromatic heterocycles. The molecule has 2 atom stereocenters. The zero-order chi connectivity index (χ0) is 18.4. The Morgan fingerprint density at radius 1 is 1.08 bits per heavy atom. The normalized spacial score (nSPS) is 18.2. The first-order valence-corrected chi connectivity index (χ1v) is 9.06. The summed E-state index contributed by atoms with van der Waals surface area (Å²) in [6, 6.07) is 7.22. The molecule has 140 valence electrons. The molecule has 5 heteroatoms. The van der Waals surface area contributed by atoms with Gasteiger partial charge in [-0.15, -0.1) is 0 Å². The van der Waals surface area contributed by atoms with E-state index in [0.717, 1.165) is 37.7 Å². The van der Waals surface area contributed by atoms with Crippen LogP contribution in [0.25, 0.3) is 0 Å². The fourth-order valence-corrected chi connectivity index (χ4v) is 3.85. The van der Waals surface area contributed by atoms with E-state index in [-0.39, 0.29) is 12.0 Å². The van der Waals surface area contributed by atoms with E-state index in [0.29, 0.717) is 5.75 Å². The van der Waals surface area contributed by atoms with Crippen LogP contribution in [-0.4, -0.2) is 25.6 Å². The number of carbonyl (C=O) groups is 1. The standard InChI is InChI=1S/C20H28F2O3/c1-13(2)25-16-11-9-15(10-12-16)17(14-7-5-4-6-8-14)18(19(21)22)20(23)24-3/h9-14,17-19H,4-8H2,1-3H3. The SMILES string of the molecule is COC(=O)C(C(F)F)C(c1ccc(OC(C)C)cc1)C1CCCCC1. The maximum Gasteiger partial charge on any atom is 0.315 e. The van der Waals surface area contributed by atoms with Crippen molar-refractivity contribution < 1.29 is 23.0 Å². The van der Waals surface area contributed by atoms with E-state index < -0.39 is 24.2 Å². The van der Waals surface area contributed by atoms with Gasteiger partial charge in [0, 0.05) is 5.92 Å². The van der Waals surface area contributed by atoms with E-state index in [1.165, 1.54) is 7.11 Å². The molecule has 0 bridgehead atoms. The van der Waals surface area contributed by atoms with E-state index in [1.807, 2.05) is 26.0 Å². The van der Waals surface area contributed by atoms with Gasteiger partial charge < -0.3 is 9.47 Å². The van der Waals surface area contributed by atoms with Gasteiger partial charge in [-0.2, -0.15) is 0 Å². The molecule has 1 aliphatic rings. The average Bonchev–Trinajstić information content (AvgIpc) is 2.60. The number of hydrogen-bond acceptors (Lipinski definition) is 3. The molecule has 0 amide bonds. The monoisotopic (exact) mass is 354 g/mol. The minimum Gasteiger partial charge on any atom is -0.491 e. The number of methoxy groups -OCH3 is 1. The van der Waals surface area contributed by atoms with Crippen LogP contribution in [0.5, 0.6) is 5.75 Å². The summed E-state index contributed by atoms with van der Waals surface area (Å²) in [4.78, 5) is 12.1. The van der Waals surface area contributed by atoms with Crippen LogP contribution in [-0.2, 0) is 9.53 Å². The second-order valence-corrected chi connectivity index (χ2v) is 7.04. The highest BCUT2D eigenvalue weighted by atomic mass is 19.3. The lowest BCUT2D eigenvalue weighted by Gasteiger charge is -2.34. The smallest absolute Gasteiger partial charge is 0.315 e. The third kappa shape index (κ3) is 5.16. The first-order chi connectivity index (χ1) is 11.9. The van der Waals surface area contributed by atoms with Gasteiger partial charge >= 0.3 is 5.97 Å². The van der Waals surface area contributed by atoms with Gasteiger partial charge in [-0.3, -0.25) is 4.79 Å². The first-order valence-electron chi connectivity index (χ1n) is 9.06. The summed E-state index contributed by atoms with van der Waals surface area (Å²) in [5.74, 6) is -2.00. The van der Waals surface area contributed by atoms with Crippen molar-refractivity contribution in [3.05, 3.63) is 29.8 Å². The third-order valence-corrected chi connectivity index (χ3v) is 4.93. The molecular weight excluding hydrogens is 326 g/mol. The minimum absolute atomic E-state index is 0.0453. The molecule has 1 aromatic carbocycles. The lowest BCUT2D eigenvalue weighted by atomic mass is 9.71. The Balaban J connectivity index is 2.34. The summed E-state index contributed by atoms with van der Waals surface area (Å²) >= 11 is 0. The number of ether oxygens (including phenoxy) is 2. The average molecular weight is 354 g/mol. The summed E-state index contributed by atoms with van der Waals surface area (Å²) < 4.78 is 37.8. The maximum absolute atomic E-state index is 13.8. The maximum atomic E-state index is 13.8. The highest BCUT2D eigenvalue weighted by Crippen LogP contribution is 2.43. The zero-order valence-corrected chi connectivity index (χ0v) is 15.2. The molecule has 3 nitrogen and oxygen atoms in total. The zero-order valence-electron chi connectivity index (χ0n) is 15.2. The predicted octanol–water partition coefficient (Wildman–Crippen LogP) is 5.19. The first kappa shape index (κ1) is 19.7. The number of hydrogen-bond donors (Lipinski definition) is 0. The fraction of sp³-hybridized carbons (Fsp3) is 0.650. The number of alkyl halides is 2. The molecule has 0 aliphatic heterocycles. The Labute approximate surface area is 148 Å². The van der Waals surface area contributed by atoms with E-state index in [2.05, 4.69) is 0 Å². The molecule has 1 saturated carbocycles. The Bertz CT molecular complexity index is 536. The van der Waals surface area contributed by atoms with Gasteiger partial charge in [0.25, 0.3) is 6.43 Å². The van der Waals surface area contributed by atoms with Crippen LogP contribution in [0, 0.1) is 11.8 Å². The van der Waals surface area contributed by atoms with Gasteiger partial charge in [-0.25, -0.2) is 8.78 Å². The van der Waals surface area contributed by atoms with Crippen LogP contribution in [0.15, 0.2) is 24.3 Å². The highest BCUT2D eigenvalue weighted by molar-refractivity contribution is 5.74. The minimum atomic E-state index is -2.74. The quantitative estimate of drug-likeness (QED) is 0.632. The molecule has 25 heavy (non-hydrogen) atoms. The Morgan fingerprint density at radius 3 is 2.16 bits per heavy atom. The Hall–Kier alpha value is -1.65. The van der Waals surface area contributed by atoms with E-state index >= 15 is 0 Å². The van der Waals surface area contributed by atoms with Crippen molar-refractivity contribution in [1.82, 2.24) is 0 Å². The molecule has 1 aliphatic carbocycles. The molecule has 0 N–H and O–H groups in total. The summed E-state index contributed by atoms with van der Waals surface area (Å²) in [5, 5.41) is 0. The number of halogens is 2. The lowest BCUT2D eigenvalue weighted by Crippen LogP contribution is -2.35. The van der Waals surface area contributed by atoms with Crippen LogP contribution in [0.1, 0.15) is 57.4 Å². The highest BCUT2D eigenvalue weighted by Gasteiger charge is 2.42. The Morgan fingerprint density at radius 2 is 1.68 bits per heavy atom. The Kier molecular flexibility index (Phi) is 7.21. The van der Waals surface area contributed by atoms with E-state index in [1.54, 1.807) is 12.1 Å². The number of carbonyl (C=O) groups excluding carboxylic acids is 1. The predicted molar refractivity (Wildman–Crippen MR) is 93.0 cm³/mol. The van der Waals surface area contributed by atoms with E-state index in [9.17, 15) is 13.6 Å². The number of benzene rings is 1. The molecule has 0 saturated heterocycles. The van der Waals surface area contributed by atoms with Crippen LogP contribution in [0.2, 0.25) is 0 Å². The summed E-state index contributed by atoms with van der Waals surface area (Å²) in [5.41, 5.74) is 0.763. The van der Waals surface area contributed by atoms with Crippen molar-refractivity contribution in [3.8, 4) is 5.75 Å². The van der Waals surface area contributed by atoms with Crippen LogP contribution >= 0.6 is 0 Å². The molecule has 0 radical (unpaired) electrons. The van der Waals surface area contributed by atoms with Crippen molar-refractivity contribution in [1.29, 1.82) is 0 Å². The van der Waals surface area contributed by atoms with Crippen molar-refractivity contribution in [2.24, 2.45) is 11.8 Å². The van der Waals surface area contributed by atoms with Gasteiger partial charge in [0.15, 0.2) is 0 Å². The molecule has 2 unspecified atom stereocenters. The summed E-state index contributed by atoms with van der Waals surface area (Å²) in [7, 11) is 1.18. The van der Waals surface area contributed by atoms with Gasteiger partial charge in [0.05, 0.1) is 13.2 Å². The molecule has 0 spiro atoms. The fourth-order valence-electron chi connectivity index (χ4n) is 3.85. The van der Waals surface area contributed by atoms with Gasteiger partial charge in [0.1, 0.15) is 11.7 Å². The van der Waals surface area contributed by atoms with Gasteiger partial charge in [-0.05, 0) is 50.3 Å². The lowest BCUT2D eigenvalue weighted by molar-refractivity contribution is -0.153. The molecule has 0 heterocycles. The van der Waals surface area contributed by atoms with Crippen LogP contribution in [0.3, 0.4) is 0 Å². The van der Waals surface area contributed by atoms with Gasteiger partial charge in [-0.1, -0.05) is 31.4 Å². The molecule has 2 rings (SSSR count). The van der Waals surface area contributed by atoms with Crippen LogP contribution in [0.4, 0.5) is 8.78 Å². The number of rotatable bonds is 7. The summed E-state index contributed by atoms with van der Waals surface area (Å²) in [6.45, 7) is 3.87.